The van der Waals surface area contributed by atoms with Gasteiger partial charge in [0, 0.05) is 11.6 Å². The number of nitrogens with zero attached hydrogens (tertiary/aromatic N) is 1. The fraction of sp³-hybridized carbons (Fsp3) is 0.600. The lowest BCUT2D eigenvalue weighted by Crippen LogP contribution is -2.53. The van der Waals surface area contributed by atoms with Crippen molar-refractivity contribution in [2.45, 2.75) is 43.7 Å². The highest BCUT2D eigenvalue weighted by Crippen LogP contribution is 2.40. The van der Waals surface area contributed by atoms with Crippen LogP contribution in [-0.2, 0) is 0 Å². The lowest BCUT2D eigenvalue weighted by Gasteiger charge is -2.47. The predicted octanol–water partition coefficient (Wildman–Crippen LogP) is 3.09. The first-order valence-electron chi connectivity index (χ1n) is 6.75. The van der Waals surface area contributed by atoms with Crippen molar-refractivity contribution < 1.29 is 4.39 Å². The van der Waals surface area contributed by atoms with Gasteiger partial charge in [0.25, 0.3) is 0 Å². The summed E-state index contributed by atoms with van der Waals surface area (Å²) in [6.07, 6.45) is 5.89. The summed E-state index contributed by atoms with van der Waals surface area (Å²) in [5.41, 5.74) is 7.35. The van der Waals surface area contributed by atoms with Crippen LogP contribution in [0, 0.1) is 5.82 Å². The third-order valence-electron chi connectivity index (χ3n) is 4.40. The number of halogens is 1. The quantitative estimate of drug-likeness (QED) is 0.893. The van der Waals surface area contributed by atoms with Gasteiger partial charge in [-0.2, -0.15) is 0 Å². The van der Waals surface area contributed by atoms with Gasteiger partial charge in [-0.1, -0.05) is 31.4 Å². The van der Waals surface area contributed by atoms with Gasteiger partial charge in [-0.15, -0.1) is 0 Å². The van der Waals surface area contributed by atoms with Crippen LogP contribution in [0.1, 0.15) is 43.7 Å². The Labute approximate surface area is 109 Å². The molecule has 0 spiro atoms. The SMILES string of the molecule is CN(C)C1(C(N)c2cccc(F)c2)CCCCC1. The third-order valence-corrected chi connectivity index (χ3v) is 4.40. The molecule has 2 nitrogen and oxygen atoms in total. The van der Waals surface area contributed by atoms with Crippen molar-refractivity contribution in [3.8, 4) is 0 Å². The maximum atomic E-state index is 13.4. The van der Waals surface area contributed by atoms with E-state index in [0.29, 0.717) is 0 Å². The molecule has 0 bridgehead atoms. The molecule has 1 unspecified atom stereocenters. The number of benzene rings is 1. The second kappa shape index (κ2) is 5.37. The van der Waals surface area contributed by atoms with E-state index in [4.69, 9.17) is 5.73 Å². The molecule has 2 rings (SSSR count). The number of hydrogen-bond donors (Lipinski definition) is 1. The molecule has 0 aliphatic heterocycles. The minimum atomic E-state index is -0.201. The van der Waals surface area contributed by atoms with Gasteiger partial charge in [-0.25, -0.2) is 4.39 Å². The molecule has 1 aromatic carbocycles. The third kappa shape index (κ3) is 2.43. The molecule has 18 heavy (non-hydrogen) atoms. The first-order valence-corrected chi connectivity index (χ1v) is 6.75. The molecule has 1 aliphatic carbocycles. The molecule has 2 N–H and O–H groups in total. The number of nitrogens with two attached hydrogens (primary N) is 1. The topological polar surface area (TPSA) is 29.3 Å². The summed E-state index contributed by atoms with van der Waals surface area (Å²) in [7, 11) is 4.18. The maximum absolute atomic E-state index is 13.4. The van der Waals surface area contributed by atoms with Crippen LogP contribution in [0.5, 0.6) is 0 Å². The largest absolute Gasteiger partial charge is 0.322 e. The first kappa shape index (κ1) is 13.5. The Bertz CT molecular complexity index is 397. The minimum absolute atomic E-state index is 0.0218. The summed E-state index contributed by atoms with van der Waals surface area (Å²) >= 11 is 0. The zero-order valence-corrected chi connectivity index (χ0v) is 11.3. The molecule has 1 aliphatic rings. The highest BCUT2D eigenvalue weighted by molar-refractivity contribution is 5.24. The predicted molar refractivity (Wildman–Crippen MR) is 72.8 cm³/mol. The van der Waals surface area contributed by atoms with E-state index in [0.717, 1.165) is 18.4 Å². The van der Waals surface area contributed by atoms with E-state index in [1.807, 2.05) is 6.07 Å². The zero-order valence-electron chi connectivity index (χ0n) is 11.3. The van der Waals surface area contributed by atoms with Gasteiger partial charge < -0.3 is 10.6 Å². The molecule has 1 atom stereocenters. The lowest BCUT2D eigenvalue weighted by molar-refractivity contribution is 0.0712. The van der Waals surface area contributed by atoms with Crippen LogP contribution in [0.2, 0.25) is 0 Å². The van der Waals surface area contributed by atoms with E-state index in [1.165, 1.54) is 25.3 Å². The molecule has 1 aromatic rings. The lowest BCUT2D eigenvalue weighted by atomic mass is 9.73. The molecule has 0 saturated heterocycles. The van der Waals surface area contributed by atoms with Crippen molar-refractivity contribution in [1.82, 2.24) is 4.90 Å². The van der Waals surface area contributed by atoms with E-state index < -0.39 is 0 Å². The standard InChI is InChI=1S/C15H23FN2/c1-18(2)15(9-4-3-5-10-15)14(17)12-7-6-8-13(16)11-12/h6-8,11,14H,3-5,9-10,17H2,1-2H3. The van der Waals surface area contributed by atoms with E-state index >= 15 is 0 Å². The smallest absolute Gasteiger partial charge is 0.123 e. The second-order valence-corrected chi connectivity index (χ2v) is 5.59. The first-order chi connectivity index (χ1) is 8.56. The van der Waals surface area contributed by atoms with Crippen molar-refractivity contribution in [3.05, 3.63) is 35.6 Å². The number of hydrogen-bond acceptors (Lipinski definition) is 2. The molecule has 0 amide bonds. The Morgan fingerprint density at radius 1 is 1.22 bits per heavy atom. The molecule has 0 heterocycles. The van der Waals surface area contributed by atoms with Gasteiger partial charge in [-0.05, 0) is 44.6 Å². The van der Waals surface area contributed by atoms with Crippen LogP contribution in [0.25, 0.3) is 0 Å². The second-order valence-electron chi connectivity index (χ2n) is 5.59. The summed E-state index contributed by atoms with van der Waals surface area (Å²) in [6, 6.07) is 6.61. The van der Waals surface area contributed by atoms with E-state index in [1.54, 1.807) is 12.1 Å². The van der Waals surface area contributed by atoms with Gasteiger partial charge in [0.1, 0.15) is 5.82 Å². The van der Waals surface area contributed by atoms with Gasteiger partial charge in [-0.3, -0.25) is 0 Å². The molecule has 1 fully saturated rings. The zero-order chi connectivity index (χ0) is 13.2. The molecule has 100 valence electrons. The van der Waals surface area contributed by atoms with Gasteiger partial charge in [0.2, 0.25) is 0 Å². The van der Waals surface area contributed by atoms with Crippen LogP contribution in [0.3, 0.4) is 0 Å². The fourth-order valence-corrected chi connectivity index (χ4v) is 3.21. The summed E-state index contributed by atoms with van der Waals surface area (Å²) in [6.45, 7) is 0. The summed E-state index contributed by atoms with van der Waals surface area (Å²) in [5.74, 6) is -0.201. The maximum Gasteiger partial charge on any atom is 0.123 e. The van der Waals surface area contributed by atoms with Gasteiger partial charge in [0.05, 0.1) is 0 Å². The molecule has 0 aromatic heterocycles. The Balaban J connectivity index is 2.31. The van der Waals surface area contributed by atoms with Crippen LogP contribution >= 0.6 is 0 Å². The monoisotopic (exact) mass is 250 g/mol. The Kier molecular flexibility index (Phi) is 4.03. The average Bonchev–Trinajstić information content (AvgIpc) is 2.38. The summed E-state index contributed by atoms with van der Waals surface area (Å²) in [5, 5.41) is 0. The molecular weight excluding hydrogens is 227 g/mol. The van der Waals surface area contributed by atoms with E-state index in [9.17, 15) is 4.39 Å². The Morgan fingerprint density at radius 3 is 2.44 bits per heavy atom. The summed E-state index contributed by atoms with van der Waals surface area (Å²) < 4.78 is 13.4. The Hall–Kier alpha value is -0.930. The number of rotatable bonds is 3. The van der Waals surface area contributed by atoms with Crippen molar-refractivity contribution in [1.29, 1.82) is 0 Å². The Morgan fingerprint density at radius 2 is 1.89 bits per heavy atom. The van der Waals surface area contributed by atoms with Gasteiger partial charge in [0.15, 0.2) is 0 Å². The normalized spacial score (nSPS) is 20.9. The fourth-order valence-electron chi connectivity index (χ4n) is 3.21. The summed E-state index contributed by atoms with van der Waals surface area (Å²) in [4.78, 5) is 2.24. The minimum Gasteiger partial charge on any atom is -0.322 e. The van der Waals surface area contributed by atoms with Crippen molar-refractivity contribution in [2.24, 2.45) is 5.73 Å². The molecule has 3 heteroatoms. The molecule has 1 saturated carbocycles. The van der Waals surface area contributed by atoms with Crippen molar-refractivity contribution >= 4 is 0 Å². The van der Waals surface area contributed by atoms with Crippen molar-refractivity contribution in [2.75, 3.05) is 14.1 Å². The highest BCUT2D eigenvalue weighted by atomic mass is 19.1. The van der Waals surface area contributed by atoms with E-state index in [-0.39, 0.29) is 17.4 Å². The van der Waals surface area contributed by atoms with Crippen LogP contribution in [0.4, 0.5) is 4.39 Å². The average molecular weight is 250 g/mol. The highest BCUT2D eigenvalue weighted by Gasteiger charge is 2.40. The van der Waals surface area contributed by atoms with Crippen molar-refractivity contribution in [3.63, 3.8) is 0 Å². The van der Waals surface area contributed by atoms with Gasteiger partial charge >= 0.3 is 0 Å². The van der Waals surface area contributed by atoms with Crippen LogP contribution < -0.4 is 5.73 Å². The number of likely N-dealkylation sites (N-methyl/N-ethyl adjacent to an activating group) is 1. The van der Waals surface area contributed by atoms with Crippen LogP contribution in [0.15, 0.2) is 24.3 Å². The molecular formula is C15H23FN2. The molecule has 0 radical (unpaired) electrons. The van der Waals surface area contributed by atoms with Crippen LogP contribution in [-0.4, -0.2) is 24.5 Å². The van der Waals surface area contributed by atoms with E-state index in [2.05, 4.69) is 19.0 Å².